The summed E-state index contributed by atoms with van der Waals surface area (Å²) < 4.78 is 0. The van der Waals surface area contributed by atoms with E-state index < -0.39 is 0 Å². The zero-order valence-corrected chi connectivity index (χ0v) is 21.9. The third-order valence-corrected chi connectivity index (χ3v) is 7.73. The van der Waals surface area contributed by atoms with Crippen LogP contribution < -0.4 is 10.6 Å². The minimum Gasteiger partial charge on any atom is -0.351 e. The molecule has 0 unspecified atom stereocenters. The van der Waals surface area contributed by atoms with Crippen LogP contribution in [0.4, 0.5) is 11.5 Å². The number of hydrogen-bond acceptors (Lipinski definition) is 7. The summed E-state index contributed by atoms with van der Waals surface area (Å²) in [6.45, 7) is 7.78. The van der Waals surface area contributed by atoms with Crippen LogP contribution in [-0.4, -0.2) is 53.2 Å². The quantitative estimate of drug-likeness (QED) is 0.294. The summed E-state index contributed by atoms with van der Waals surface area (Å²) in [7, 11) is 0. The number of carbonyl (C=O) groups is 1. The fraction of sp³-hybridized carbons (Fsp3) is 0.458. The Morgan fingerprint density at radius 2 is 1.85 bits per heavy atom. The molecule has 1 amide bonds. The topological polar surface area (TPSA) is 70.2 Å². The molecule has 1 aliphatic rings. The van der Waals surface area contributed by atoms with Crippen LogP contribution in [0.3, 0.4) is 0 Å². The number of fused-ring (bicyclic) bond motifs is 3. The summed E-state index contributed by atoms with van der Waals surface area (Å²) >= 11 is 3.37. The van der Waals surface area contributed by atoms with Crippen molar-refractivity contribution in [1.29, 1.82) is 0 Å². The number of thiophene rings is 1. The highest BCUT2D eigenvalue weighted by Gasteiger charge is 2.21. The Labute approximate surface area is 210 Å². The fourth-order valence-corrected chi connectivity index (χ4v) is 5.81. The molecule has 0 saturated heterocycles. The largest absolute Gasteiger partial charge is 0.351 e. The van der Waals surface area contributed by atoms with Crippen LogP contribution in [0.1, 0.15) is 47.5 Å². The maximum atomic E-state index is 12.5. The van der Waals surface area contributed by atoms with Crippen molar-refractivity contribution >= 4 is 63.1 Å². The van der Waals surface area contributed by atoms with E-state index in [0.717, 1.165) is 54.0 Å². The Balaban J connectivity index is 0.00000306. The molecule has 0 bridgehead atoms. The van der Waals surface area contributed by atoms with Crippen molar-refractivity contribution in [2.75, 3.05) is 37.8 Å². The van der Waals surface area contributed by atoms with Gasteiger partial charge in [0.2, 0.25) is 0 Å². The smallest absolute Gasteiger partial charge is 0.251 e. The van der Waals surface area contributed by atoms with Gasteiger partial charge in [-0.1, -0.05) is 25.6 Å². The van der Waals surface area contributed by atoms with Crippen molar-refractivity contribution in [3.63, 3.8) is 0 Å². The van der Waals surface area contributed by atoms with Crippen LogP contribution in [0.15, 0.2) is 29.4 Å². The summed E-state index contributed by atoms with van der Waals surface area (Å²) in [6.07, 6.45) is 6.72. The normalized spacial score (nSPS) is 13.0. The standard InChI is InChI=1S/C24H31N5OS2.ClH/c1-4-29(5-2)15-14-25-22(30)16-10-12-17(13-11-16)26-21-20-18-8-6-7-9-19(18)32-23(20)28-24(27-21)31-3;/h10-13H,4-9,14-15H2,1-3H3,(H,25,30)(H,26,27,28);1H. The molecule has 3 aromatic rings. The highest BCUT2D eigenvalue weighted by molar-refractivity contribution is 7.98. The molecule has 4 rings (SSSR count). The molecule has 6 nitrogen and oxygen atoms in total. The van der Waals surface area contributed by atoms with E-state index in [2.05, 4.69) is 29.4 Å². The van der Waals surface area contributed by atoms with Crippen LogP contribution in [0.2, 0.25) is 0 Å². The maximum Gasteiger partial charge on any atom is 0.251 e. The lowest BCUT2D eigenvalue weighted by Gasteiger charge is -2.18. The molecule has 33 heavy (non-hydrogen) atoms. The molecule has 1 aromatic carbocycles. The minimum atomic E-state index is -0.0373. The predicted octanol–water partition coefficient (Wildman–Crippen LogP) is 5.53. The van der Waals surface area contributed by atoms with Crippen LogP contribution >= 0.6 is 35.5 Å². The van der Waals surface area contributed by atoms with Gasteiger partial charge in [0.1, 0.15) is 10.6 Å². The van der Waals surface area contributed by atoms with Gasteiger partial charge in [-0.15, -0.1) is 23.7 Å². The molecule has 2 N–H and O–H groups in total. The minimum absolute atomic E-state index is 0. The fourth-order valence-electron chi connectivity index (χ4n) is 4.13. The number of anilines is 2. The Hall–Kier alpha value is -1.87. The van der Waals surface area contributed by atoms with E-state index in [0.29, 0.717) is 12.1 Å². The van der Waals surface area contributed by atoms with E-state index in [1.807, 2.05) is 41.9 Å². The summed E-state index contributed by atoms with van der Waals surface area (Å²) in [5, 5.41) is 8.46. The highest BCUT2D eigenvalue weighted by Crippen LogP contribution is 2.40. The van der Waals surface area contributed by atoms with Crippen LogP contribution in [0, 0.1) is 0 Å². The van der Waals surface area contributed by atoms with E-state index >= 15 is 0 Å². The van der Waals surface area contributed by atoms with Crippen molar-refractivity contribution in [3.05, 3.63) is 40.3 Å². The number of carbonyl (C=O) groups excluding carboxylic acids is 1. The molecule has 0 fully saturated rings. The Kier molecular flexibility index (Phi) is 9.37. The van der Waals surface area contributed by atoms with Gasteiger partial charge < -0.3 is 15.5 Å². The molecule has 0 radical (unpaired) electrons. The van der Waals surface area contributed by atoms with Gasteiger partial charge >= 0.3 is 0 Å². The Bertz CT molecular complexity index is 1080. The SMILES string of the molecule is CCN(CC)CCNC(=O)c1ccc(Nc2nc(SC)nc3sc4c(c23)CCCC4)cc1.Cl. The number of benzene rings is 1. The zero-order chi connectivity index (χ0) is 22.5. The number of nitrogens with one attached hydrogen (secondary N) is 2. The summed E-state index contributed by atoms with van der Waals surface area (Å²) in [4.78, 5) is 26.9. The first-order valence-electron chi connectivity index (χ1n) is 11.4. The first kappa shape index (κ1) is 25.7. The third kappa shape index (κ3) is 5.98. The third-order valence-electron chi connectivity index (χ3n) is 5.99. The lowest BCUT2D eigenvalue weighted by atomic mass is 9.97. The molecule has 0 spiro atoms. The van der Waals surface area contributed by atoms with E-state index in [9.17, 15) is 4.79 Å². The summed E-state index contributed by atoms with van der Waals surface area (Å²) in [5.41, 5.74) is 3.00. The monoisotopic (exact) mass is 505 g/mol. The maximum absolute atomic E-state index is 12.5. The Morgan fingerprint density at radius 3 is 2.55 bits per heavy atom. The van der Waals surface area contributed by atoms with Gasteiger partial charge in [0, 0.05) is 29.2 Å². The number of thioether (sulfide) groups is 1. The number of amides is 1. The lowest BCUT2D eigenvalue weighted by molar-refractivity contribution is 0.0949. The molecule has 9 heteroatoms. The van der Waals surface area contributed by atoms with Gasteiger partial charge in [-0.2, -0.15) is 0 Å². The summed E-state index contributed by atoms with van der Waals surface area (Å²) in [6, 6.07) is 7.63. The van der Waals surface area contributed by atoms with Gasteiger partial charge in [0.05, 0.1) is 5.39 Å². The van der Waals surface area contributed by atoms with Gasteiger partial charge in [0.25, 0.3) is 5.91 Å². The Morgan fingerprint density at radius 1 is 1.12 bits per heavy atom. The van der Waals surface area contributed by atoms with Crippen LogP contribution in [0.25, 0.3) is 10.2 Å². The summed E-state index contributed by atoms with van der Waals surface area (Å²) in [5.74, 6) is 0.833. The second kappa shape index (κ2) is 12.0. The average molecular weight is 506 g/mol. The van der Waals surface area contributed by atoms with E-state index in [1.165, 1.54) is 28.7 Å². The van der Waals surface area contributed by atoms with Crippen LogP contribution in [-0.2, 0) is 12.8 Å². The zero-order valence-electron chi connectivity index (χ0n) is 19.4. The molecular formula is C24H32ClN5OS2. The predicted molar refractivity (Wildman–Crippen MR) is 143 cm³/mol. The highest BCUT2D eigenvalue weighted by atomic mass is 35.5. The second-order valence-corrected chi connectivity index (χ2v) is 9.79. The number of nitrogens with zero attached hydrogens (tertiary/aromatic N) is 3. The number of rotatable bonds is 9. The van der Waals surface area contributed by atoms with Crippen LogP contribution in [0.5, 0.6) is 0 Å². The van der Waals surface area contributed by atoms with Crippen molar-refractivity contribution < 1.29 is 4.79 Å². The van der Waals surface area contributed by atoms with E-state index in [1.54, 1.807) is 11.8 Å². The number of likely N-dealkylation sites (N-methyl/N-ethyl adjacent to an activating group) is 1. The molecule has 0 atom stereocenters. The number of hydrogen-bond donors (Lipinski definition) is 2. The van der Waals surface area contributed by atoms with Gasteiger partial charge in [0.15, 0.2) is 5.16 Å². The first-order chi connectivity index (χ1) is 15.6. The van der Waals surface area contributed by atoms with Gasteiger partial charge in [-0.3, -0.25) is 4.79 Å². The van der Waals surface area contributed by atoms with Crippen molar-refractivity contribution in [3.8, 4) is 0 Å². The van der Waals surface area contributed by atoms with Crippen molar-refractivity contribution in [1.82, 2.24) is 20.2 Å². The number of halogens is 1. The van der Waals surface area contributed by atoms with E-state index in [4.69, 9.17) is 9.97 Å². The second-order valence-electron chi connectivity index (χ2n) is 7.94. The lowest BCUT2D eigenvalue weighted by Crippen LogP contribution is -2.34. The molecular weight excluding hydrogens is 474 g/mol. The van der Waals surface area contributed by atoms with Gasteiger partial charge in [-0.05, 0) is 74.9 Å². The molecule has 1 aliphatic carbocycles. The van der Waals surface area contributed by atoms with Crippen molar-refractivity contribution in [2.45, 2.75) is 44.7 Å². The number of aromatic nitrogens is 2. The molecule has 0 saturated carbocycles. The molecule has 178 valence electrons. The molecule has 2 aromatic heterocycles. The average Bonchev–Trinajstić information content (AvgIpc) is 3.21. The first-order valence-corrected chi connectivity index (χ1v) is 13.4. The molecule has 0 aliphatic heterocycles. The number of aryl methyl sites for hydroxylation is 2. The molecule has 2 heterocycles. The van der Waals surface area contributed by atoms with Crippen molar-refractivity contribution in [2.24, 2.45) is 0 Å². The van der Waals surface area contributed by atoms with Gasteiger partial charge in [-0.25, -0.2) is 9.97 Å². The van der Waals surface area contributed by atoms with E-state index in [-0.39, 0.29) is 18.3 Å².